The number of amides is 5. The molecule has 1 saturated carbocycles. The molecule has 5 rings (SSSR count). The maximum absolute atomic E-state index is 14.3. The van der Waals surface area contributed by atoms with Crippen molar-refractivity contribution in [2.45, 2.75) is 248 Å². The lowest BCUT2D eigenvalue weighted by molar-refractivity contribution is -0.258. The predicted molar refractivity (Wildman–Crippen MR) is 475 cm³/mol. The molecule has 4 fully saturated rings. The molecule has 15 atom stereocenters. The Morgan fingerprint density at radius 3 is 1.02 bits per heavy atom. The van der Waals surface area contributed by atoms with E-state index in [4.69, 9.17) is 99.5 Å². The summed E-state index contributed by atoms with van der Waals surface area (Å²) in [6, 6.07) is 9.46. The second kappa shape index (κ2) is 67.9. The van der Waals surface area contributed by atoms with E-state index in [1.54, 1.807) is 0 Å². The van der Waals surface area contributed by atoms with Crippen LogP contribution in [0, 0.1) is 58.7 Å². The van der Waals surface area contributed by atoms with Gasteiger partial charge in [-0.05, 0) is 66.8 Å². The summed E-state index contributed by atoms with van der Waals surface area (Å²) in [5, 5.41) is 14.3. The average Bonchev–Trinajstić information content (AvgIpc) is 1.29. The lowest BCUT2D eigenvalue weighted by Crippen LogP contribution is -2.48. The molecule has 3 saturated heterocycles. The minimum Gasteiger partial charge on any atom is -0.463 e. The molecule has 15 unspecified atom stereocenters. The molecule has 35 heteroatoms. The molecule has 1 aromatic carbocycles. The minimum absolute atomic E-state index is 0.00465. The number of esters is 3. The van der Waals surface area contributed by atoms with E-state index in [-0.39, 0.29) is 289 Å². The number of unbranched alkanes of at least 4 members (excludes halogenated alkanes) is 7. The van der Waals surface area contributed by atoms with E-state index in [0.29, 0.717) is 85.5 Å². The number of alkyl carbamates (subject to hydrolysis) is 1. The maximum Gasteiger partial charge on any atom is 0.407 e. The van der Waals surface area contributed by atoms with Crippen LogP contribution in [0.3, 0.4) is 0 Å². The van der Waals surface area contributed by atoms with Gasteiger partial charge in [-0.3, -0.25) is 38.4 Å². The molecule has 1 aliphatic carbocycles. The van der Waals surface area contributed by atoms with Gasteiger partial charge in [0, 0.05) is 128 Å². The number of carbonyl (C=O) groups excluding carboxylic acids is 9. The largest absolute Gasteiger partial charge is 0.463 e. The molecule has 4 aliphatic rings. The van der Waals surface area contributed by atoms with E-state index < -0.39 is 36.2 Å². The zero-order chi connectivity index (χ0) is 93.7. The molecular formula is C94H161N5O30. The first-order chi connectivity index (χ1) is 62.2. The van der Waals surface area contributed by atoms with E-state index in [9.17, 15) is 43.2 Å². The number of Topliss-reactive ketones (excluding diaryl/α,β-unsaturated/α-hetero) is 1. The summed E-state index contributed by atoms with van der Waals surface area (Å²) >= 11 is 0. The number of ether oxygens (including phenoxy) is 21. The third kappa shape index (κ3) is 49.5. The van der Waals surface area contributed by atoms with Crippen molar-refractivity contribution in [3.05, 3.63) is 35.9 Å². The van der Waals surface area contributed by atoms with Crippen molar-refractivity contribution in [3.8, 4) is 0 Å². The van der Waals surface area contributed by atoms with Crippen LogP contribution in [0.1, 0.15) is 204 Å². The lowest BCUT2D eigenvalue weighted by Gasteiger charge is -2.43. The van der Waals surface area contributed by atoms with Gasteiger partial charge in [-0.2, -0.15) is 0 Å². The highest BCUT2D eigenvalue weighted by Crippen LogP contribution is 2.39. The van der Waals surface area contributed by atoms with Crippen molar-refractivity contribution in [2.24, 2.45) is 58.7 Å². The summed E-state index contributed by atoms with van der Waals surface area (Å²) in [4.78, 5) is 113. The number of carbonyl (C=O) groups is 9. The van der Waals surface area contributed by atoms with E-state index >= 15 is 0 Å². The van der Waals surface area contributed by atoms with Crippen molar-refractivity contribution in [2.75, 3.05) is 205 Å². The van der Waals surface area contributed by atoms with E-state index in [2.05, 4.69) is 88.9 Å². The minimum atomic E-state index is -1.09. The second-order valence-corrected chi connectivity index (χ2v) is 34.7. The first-order valence-corrected chi connectivity index (χ1v) is 47.4. The third-order valence-corrected chi connectivity index (χ3v) is 24.6. The van der Waals surface area contributed by atoms with Gasteiger partial charge in [0.05, 0.1) is 170 Å². The predicted octanol–water partition coefficient (Wildman–Crippen LogP) is 9.49. The molecule has 1 aromatic rings. The topological polar surface area (TPSA) is 408 Å². The summed E-state index contributed by atoms with van der Waals surface area (Å²) in [5.74, 6) is -0.956. The molecule has 0 aromatic heterocycles. The fourth-order valence-corrected chi connectivity index (χ4v) is 15.6. The molecule has 35 nitrogen and oxygen atoms in total. The van der Waals surface area contributed by atoms with Crippen molar-refractivity contribution in [3.63, 3.8) is 0 Å². The van der Waals surface area contributed by atoms with Crippen LogP contribution in [0.15, 0.2) is 30.3 Å². The van der Waals surface area contributed by atoms with Crippen LogP contribution in [0.4, 0.5) is 4.79 Å². The Balaban J connectivity index is 1.07. The molecular weight excluding hydrogens is 1680 g/mol. The molecule has 0 bridgehead atoms. The van der Waals surface area contributed by atoms with Crippen molar-refractivity contribution >= 4 is 53.4 Å². The quantitative estimate of drug-likeness (QED) is 0.0175. The highest BCUT2D eigenvalue weighted by atomic mass is 16.7. The van der Waals surface area contributed by atoms with Gasteiger partial charge in [0.2, 0.25) is 23.6 Å². The maximum atomic E-state index is 14.3. The zero-order valence-electron chi connectivity index (χ0n) is 79.6. The van der Waals surface area contributed by atoms with Crippen LogP contribution in [0.5, 0.6) is 0 Å². The molecule has 742 valence electrons. The summed E-state index contributed by atoms with van der Waals surface area (Å²) < 4.78 is 123. The Morgan fingerprint density at radius 2 is 0.659 bits per heavy atom. The van der Waals surface area contributed by atoms with Gasteiger partial charge >= 0.3 is 24.0 Å². The van der Waals surface area contributed by atoms with Gasteiger partial charge in [-0.15, -0.1) is 0 Å². The lowest BCUT2D eigenvalue weighted by atomic mass is 9.79. The van der Waals surface area contributed by atoms with Crippen LogP contribution in [-0.2, 0) is 144 Å². The van der Waals surface area contributed by atoms with Gasteiger partial charge in [-0.25, -0.2) is 4.79 Å². The van der Waals surface area contributed by atoms with Crippen molar-refractivity contribution in [1.29, 1.82) is 0 Å². The number of hydrogen-bond acceptors (Lipinski definition) is 30. The smallest absolute Gasteiger partial charge is 0.407 e. The third-order valence-electron chi connectivity index (χ3n) is 24.6. The van der Waals surface area contributed by atoms with Gasteiger partial charge in [0.25, 0.3) is 0 Å². The first-order valence-electron chi connectivity index (χ1n) is 47.4. The van der Waals surface area contributed by atoms with Gasteiger partial charge in [0.1, 0.15) is 32.2 Å². The number of rotatable bonds is 74. The number of benzene rings is 1. The molecule has 0 radical (unpaired) electrons. The van der Waals surface area contributed by atoms with Crippen LogP contribution in [-0.4, -0.2) is 301 Å². The normalized spacial score (nSPS) is 23.6. The first kappa shape index (κ1) is 113. The highest BCUT2D eigenvalue weighted by Gasteiger charge is 2.44. The zero-order valence-corrected chi connectivity index (χ0v) is 79.6. The van der Waals surface area contributed by atoms with E-state index in [1.807, 2.05) is 30.3 Å². The summed E-state index contributed by atoms with van der Waals surface area (Å²) in [5.41, 5.74) is -0.194. The fraction of sp³-hybridized carbons (Fsp3) is 0.840. The van der Waals surface area contributed by atoms with Crippen LogP contribution in [0.2, 0.25) is 0 Å². The standard InChI is InChI=1S/C94H161N5O30/c1-68-71(4)82(62-121-77(10)100)127-89(74(68)7)118-57-54-112-51-48-109-43-35-95-86(105)30-40-115-65-93(66-116-41-31-87(106)96-36-44-110-49-52-113-55-58-119-90-75(8)69(2)72(5)83(128-90)63-122-78(11)101,67-117-42-32-88(107)97-37-45-111-50-53-114-56-59-120-91-76(9)70(3)73(6)84(129-91)64-123-79(12)102)60-81(103)28-22-17-15-13-14-16-18-23-29-85(104)98-38-46-125-94(33-24-25-34-94)126-47-39-99-92(108)124-61-80-26-20-19-21-27-80/h19-21,26-27,68-76,82-84,89-91H,13-18,22-25,28-67H2,1-12H3,(H,95,105)(H,96,106)(H,97,107)(H,98,104)(H,99,108). The Morgan fingerprint density at radius 1 is 0.341 bits per heavy atom. The van der Waals surface area contributed by atoms with Gasteiger partial charge in [0.15, 0.2) is 24.7 Å². The number of nitrogens with one attached hydrogen (secondary N) is 5. The average molecular weight is 1840 g/mol. The van der Waals surface area contributed by atoms with Crippen LogP contribution in [0.25, 0.3) is 0 Å². The second-order valence-electron chi connectivity index (χ2n) is 34.7. The molecule has 5 N–H and O–H groups in total. The molecule has 3 heterocycles. The van der Waals surface area contributed by atoms with E-state index in [0.717, 1.165) is 76.2 Å². The van der Waals surface area contributed by atoms with E-state index in [1.165, 1.54) is 20.8 Å². The van der Waals surface area contributed by atoms with Crippen LogP contribution >= 0.6 is 0 Å². The summed E-state index contributed by atoms with van der Waals surface area (Å²) in [7, 11) is 0. The Hall–Kier alpha value is -6.23. The Bertz CT molecular complexity index is 3000. The van der Waals surface area contributed by atoms with Crippen molar-refractivity contribution < 1.29 is 143 Å². The monoisotopic (exact) mass is 1840 g/mol. The molecule has 5 amide bonds. The van der Waals surface area contributed by atoms with Gasteiger partial charge in [-0.1, -0.05) is 131 Å². The number of hydrogen-bond donors (Lipinski definition) is 5. The summed E-state index contributed by atoms with van der Waals surface area (Å²) in [6.07, 6.45) is 8.34. The SMILES string of the molecule is CC(=O)OCC1OC(OCCOCCOCCNC(=O)CCOCC(COCCC(=O)NCCOCCOCCOC2OC(COC(C)=O)C(C)C(C)C2C)(COCCC(=O)NCCOCCOCCOC2OC(COC(C)=O)C(C)C(C)C2C)CC(=O)CCCCCCCCCCC(=O)NCCOC2(OCCNC(=O)OCc3ccccc3)CCCC2)C(C)C(C)C1C. The van der Waals surface area contributed by atoms with Crippen molar-refractivity contribution in [1.82, 2.24) is 26.6 Å². The Kier molecular flexibility index (Phi) is 59.6. The highest BCUT2D eigenvalue weighted by molar-refractivity contribution is 5.79. The molecule has 129 heavy (non-hydrogen) atoms. The number of ketones is 1. The molecule has 0 spiro atoms. The summed E-state index contributed by atoms with van der Waals surface area (Å²) in [6.45, 7) is 29.8. The van der Waals surface area contributed by atoms with Crippen LogP contribution < -0.4 is 26.6 Å². The fourth-order valence-electron chi connectivity index (χ4n) is 15.6. The van der Waals surface area contributed by atoms with Gasteiger partial charge < -0.3 is 126 Å². The molecule has 3 aliphatic heterocycles. The Labute approximate surface area is 766 Å².